The van der Waals surface area contributed by atoms with E-state index in [9.17, 15) is 4.57 Å². The van der Waals surface area contributed by atoms with Crippen molar-refractivity contribution in [1.82, 2.24) is 0 Å². The fourth-order valence-electron chi connectivity index (χ4n) is 3.14. The molecule has 0 spiro atoms. The van der Waals surface area contributed by atoms with Crippen molar-refractivity contribution in [3.05, 3.63) is 89.5 Å². The van der Waals surface area contributed by atoms with Crippen LogP contribution >= 0.6 is 7.14 Å². The van der Waals surface area contributed by atoms with Crippen LogP contribution in [0.25, 0.3) is 0 Å². The van der Waals surface area contributed by atoms with Crippen LogP contribution in [0.1, 0.15) is 16.7 Å². The Morgan fingerprint density at radius 3 is 1.04 bits per heavy atom. The molecule has 3 heteroatoms. The van der Waals surface area contributed by atoms with Gasteiger partial charge in [0, 0.05) is 65.3 Å². The summed E-state index contributed by atoms with van der Waals surface area (Å²) in [6.45, 7) is 6.12. The Balaban J connectivity index is 0.00000208. The van der Waals surface area contributed by atoms with E-state index in [1.54, 1.807) is 0 Å². The molecule has 0 heterocycles. The van der Waals surface area contributed by atoms with Gasteiger partial charge in [0.2, 0.25) is 0 Å². The van der Waals surface area contributed by atoms with Gasteiger partial charge >= 0.3 is 0 Å². The fourth-order valence-corrected chi connectivity index (χ4v) is 6.52. The summed E-state index contributed by atoms with van der Waals surface area (Å²) >= 11 is 0. The van der Waals surface area contributed by atoms with Crippen LogP contribution < -0.4 is 15.9 Å². The monoisotopic (exact) mass is 473 g/mol. The normalized spacial score (nSPS) is 11.0. The molecule has 0 aliphatic carbocycles. The topological polar surface area (TPSA) is 17.1 Å². The summed E-state index contributed by atoms with van der Waals surface area (Å²) in [5, 5.41) is 2.80. The summed E-state index contributed by atoms with van der Waals surface area (Å²) in [4.78, 5) is 0. The maximum absolute atomic E-state index is 14.5. The third-order valence-corrected chi connectivity index (χ3v) is 7.90. The predicted octanol–water partition coefficient (Wildman–Crippen LogP) is 4.25. The third-order valence-electron chi connectivity index (χ3n) is 4.36. The molecule has 0 saturated heterocycles. The van der Waals surface area contributed by atoms with E-state index < -0.39 is 7.14 Å². The van der Waals surface area contributed by atoms with E-state index in [2.05, 4.69) is 0 Å². The van der Waals surface area contributed by atoms with Gasteiger partial charge in [0.05, 0.1) is 0 Å². The zero-order valence-electron chi connectivity index (χ0n) is 14.2. The minimum absolute atomic E-state index is 0. The van der Waals surface area contributed by atoms with Gasteiger partial charge in [0.1, 0.15) is 0 Å². The van der Waals surface area contributed by atoms with Gasteiger partial charge in [0.15, 0.2) is 7.14 Å². The van der Waals surface area contributed by atoms with Gasteiger partial charge in [-0.1, -0.05) is 72.8 Å². The first-order valence-corrected chi connectivity index (χ1v) is 9.54. The molecule has 1 radical (unpaired) electrons. The second-order valence-corrected chi connectivity index (χ2v) is 8.63. The van der Waals surface area contributed by atoms with E-state index in [4.69, 9.17) is 0 Å². The molecule has 0 bridgehead atoms. The Hall–Kier alpha value is -0.526. The molecule has 0 aliphatic rings. The van der Waals surface area contributed by atoms with Gasteiger partial charge in [0.25, 0.3) is 0 Å². The van der Waals surface area contributed by atoms with Crippen LogP contribution in [0.5, 0.6) is 0 Å². The van der Waals surface area contributed by atoms with E-state index in [1.807, 2.05) is 93.6 Å². The molecule has 0 N–H and O–H groups in total. The Kier molecular flexibility index (Phi) is 6.79. The largest absolute Gasteiger partial charge is 0.309 e. The summed E-state index contributed by atoms with van der Waals surface area (Å²) in [6, 6.07) is 24.1. The first kappa shape index (κ1) is 19.8. The summed E-state index contributed by atoms with van der Waals surface area (Å²) < 4.78 is 14.5. The van der Waals surface area contributed by atoms with Gasteiger partial charge in [-0.25, -0.2) is 0 Å². The molecule has 0 amide bonds. The number of hydrogen-bond acceptors (Lipinski definition) is 1. The molecule has 0 atom stereocenters. The molecule has 3 aromatic rings. The average Bonchev–Trinajstić information content (AvgIpc) is 2.55. The number of rotatable bonds is 3. The Morgan fingerprint density at radius 1 is 0.542 bits per heavy atom. The molecular formula is C21H21EuOP. The summed E-state index contributed by atoms with van der Waals surface area (Å²) in [5.41, 5.74) is 3.21. The van der Waals surface area contributed by atoms with E-state index in [0.29, 0.717) is 0 Å². The molecule has 123 valence electrons. The SMILES string of the molecule is Cc1ccccc1P(=O)(c1ccccc1C)c1ccccc1C.[Eu]. The first-order chi connectivity index (χ1) is 11.0. The van der Waals surface area contributed by atoms with Crippen molar-refractivity contribution in [2.75, 3.05) is 0 Å². The molecule has 0 fully saturated rings. The van der Waals surface area contributed by atoms with E-state index in [-0.39, 0.29) is 49.4 Å². The van der Waals surface area contributed by atoms with Gasteiger partial charge in [-0.2, -0.15) is 0 Å². The average molecular weight is 472 g/mol. The van der Waals surface area contributed by atoms with Crippen LogP contribution in [0.2, 0.25) is 0 Å². The van der Waals surface area contributed by atoms with Crippen molar-refractivity contribution < 1.29 is 53.9 Å². The van der Waals surface area contributed by atoms with Crippen LogP contribution in [-0.4, -0.2) is 0 Å². The van der Waals surface area contributed by atoms with Gasteiger partial charge in [-0.15, -0.1) is 0 Å². The van der Waals surface area contributed by atoms with Crippen molar-refractivity contribution in [2.45, 2.75) is 20.8 Å². The Labute approximate surface area is 185 Å². The maximum atomic E-state index is 14.5. The van der Waals surface area contributed by atoms with Crippen molar-refractivity contribution in [2.24, 2.45) is 0 Å². The van der Waals surface area contributed by atoms with E-state index in [1.165, 1.54) is 0 Å². The van der Waals surface area contributed by atoms with E-state index in [0.717, 1.165) is 32.6 Å². The quantitative estimate of drug-likeness (QED) is 0.521. The molecule has 3 aromatic carbocycles. The van der Waals surface area contributed by atoms with Crippen molar-refractivity contribution in [1.29, 1.82) is 0 Å². The predicted molar refractivity (Wildman–Crippen MR) is 100 cm³/mol. The van der Waals surface area contributed by atoms with Gasteiger partial charge in [-0.05, 0) is 37.5 Å². The van der Waals surface area contributed by atoms with Crippen LogP contribution in [-0.2, 0) is 4.57 Å². The summed E-state index contributed by atoms with van der Waals surface area (Å²) in [6.07, 6.45) is 0. The van der Waals surface area contributed by atoms with Crippen LogP contribution in [0.15, 0.2) is 72.8 Å². The molecule has 0 unspecified atom stereocenters. The molecule has 1 nitrogen and oxygen atoms in total. The van der Waals surface area contributed by atoms with E-state index >= 15 is 0 Å². The maximum Gasteiger partial charge on any atom is 0.171 e. The first-order valence-electron chi connectivity index (χ1n) is 7.84. The van der Waals surface area contributed by atoms with Crippen molar-refractivity contribution >= 4 is 23.1 Å². The second-order valence-electron chi connectivity index (χ2n) is 5.97. The zero-order chi connectivity index (χ0) is 16.4. The number of aryl methyl sites for hydroxylation is 3. The third kappa shape index (κ3) is 3.53. The zero-order valence-corrected chi connectivity index (χ0v) is 17.5. The smallest absolute Gasteiger partial charge is 0.171 e. The molecule has 3 rings (SSSR count). The standard InChI is InChI=1S/C21H21OP.Eu/c1-16-10-4-7-13-19(16)23(22,20-14-8-5-11-17(20)2)21-15-9-6-12-18(21)3;/h4-15H,1-3H3;. The van der Waals surface area contributed by atoms with Gasteiger partial charge < -0.3 is 4.57 Å². The molecule has 0 aromatic heterocycles. The second kappa shape index (κ2) is 8.24. The minimum Gasteiger partial charge on any atom is -0.309 e. The van der Waals surface area contributed by atoms with Crippen molar-refractivity contribution in [3.63, 3.8) is 0 Å². The Morgan fingerprint density at radius 2 is 0.792 bits per heavy atom. The number of hydrogen-bond donors (Lipinski definition) is 0. The molecule has 24 heavy (non-hydrogen) atoms. The fraction of sp³-hybridized carbons (Fsp3) is 0.143. The van der Waals surface area contributed by atoms with Gasteiger partial charge in [-0.3, -0.25) is 0 Å². The summed E-state index contributed by atoms with van der Waals surface area (Å²) in [5.74, 6) is 0. The Bertz CT molecular complexity index is 784. The molecular weight excluding hydrogens is 451 g/mol. The summed E-state index contributed by atoms with van der Waals surface area (Å²) in [7, 11) is -2.89. The molecule has 0 saturated carbocycles. The van der Waals surface area contributed by atoms with Crippen molar-refractivity contribution in [3.8, 4) is 0 Å². The van der Waals surface area contributed by atoms with Crippen LogP contribution in [0.4, 0.5) is 0 Å². The molecule has 0 aliphatic heterocycles. The van der Waals surface area contributed by atoms with Crippen LogP contribution in [0.3, 0.4) is 0 Å². The minimum atomic E-state index is -2.89. The van der Waals surface area contributed by atoms with Crippen LogP contribution in [0, 0.1) is 70.1 Å². The number of benzene rings is 3.